The average molecular weight is 198 g/mol. The van der Waals surface area contributed by atoms with Gasteiger partial charge < -0.3 is 15.4 Å². The molecule has 0 spiro atoms. The van der Waals surface area contributed by atoms with Gasteiger partial charge in [0.2, 0.25) is 0 Å². The van der Waals surface area contributed by atoms with Gasteiger partial charge in [0.15, 0.2) is 0 Å². The molecule has 0 aromatic heterocycles. The molecule has 2 N–H and O–H groups in total. The summed E-state index contributed by atoms with van der Waals surface area (Å²) in [5.41, 5.74) is 0. The molecule has 1 saturated carbocycles. The van der Waals surface area contributed by atoms with Crippen LogP contribution in [0.5, 0.6) is 0 Å². The molecule has 2 rings (SSSR count). The molecule has 0 bridgehead atoms. The number of morpholine rings is 1. The number of hydrogen-bond donors (Lipinski definition) is 2. The molecule has 0 radical (unpaired) electrons. The summed E-state index contributed by atoms with van der Waals surface area (Å²) in [5.74, 6) is 1.08. The van der Waals surface area contributed by atoms with Gasteiger partial charge in [0.05, 0.1) is 13.2 Å². The van der Waals surface area contributed by atoms with Gasteiger partial charge in [-0.25, -0.2) is 0 Å². The summed E-state index contributed by atoms with van der Waals surface area (Å²) in [6.07, 6.45) is 5.75. The van der Waals surface area contributed by atoms with Crippen LogP contribution in [0, 0.1) is 5.92 Å². The van der Waals surface area contributed by atoms with Gasteiger partial charge in [0.25, 0.3) is 0 Å². The smallest absolute Gasteiger partial charge is 0.0632 e. The third-order valence-electron chi connectivity index (χ3n) is 3.05. The second kappa shape index (κ2) is 5.69. The van der Waals surface area contributed by atoms with Gasteiger partial charge in [-0.1, -0.05) is 12.8 Å². The highest BCUT2D eigenvalue weighted by molar-refractivity contribution is 4.74. The van der Waals surface area contributed by atoms with Crippen molar-refractivity contribution in [3.8, 4) is 0 Å². The average Bonchev–Trinajstić information content (AvgIpc) is 3.03. The summed E-state index contributed by atoms with van der Waals surface area (Å²) < 4.78 is 5.38. The summed E-state index contributed by atoms with van der Waals surface area (Å²) in [4.78, 5) is 0. The van der Waals surface area contributed by atoms with Crippen molar-refractivity contribution < 1.29 is 4.74 Å². The SMILES string of the molecule is C(CNCC1COCCN1)CC1CC1. The molecule has 14 heavy (non-hydrogen) atoms. The van der Waals surface area contributed by atoms with Gasteiger partial charge in [0, 0.05) is 19.1 Å². The van der Waals surface area contributed by atoms with E-state index in [4.69, 9.17) is 4.74 Å². The molecule has 1 atom stereocenters. The Morgan fingerprint density at radius 2 is 2.29 bits per heavy atom. The van der Waals surface area contributed by atoms with Crippen molar-refractivity contribution in [3.05, 3.63) is 0 Å². The maximum atomic E-state index is 5.38. The van der Waals surface area contributed by atoms with Gasteiger partial charge >= 0.3 is 0 Å². The Kier molecular flexibility index (Phi) is 4.22. The second-order valence-electron chi connectivity index (χ2n) is 4.52. The quantitative estimate of drug-likeness (QED) is 0.618. The minimum Gasteiger partial charge on any atom is -0.378 e. The van der Waals surface area contributed by atoms with Crippen LogP contribution in [0.15, 0.2) is 0 Å². The summed E-state index contributed by atoms with van der Waals surface area (Å²) >= 11 is 0. The van der Waals surface area contributed by atoms with Crippen molar-refractivity contribution >= 4 is 0 Å². The van der Waals surface area contributed by atoms with Crippen LogP contribution in [0.2, 0.25) is 0 Å². The number of hydrogen-bond acceptors (Lipinski definition) is 3. The van der Waals surface area contributed by atoms with E-state index in [2.05, 4.69) is 10.6 Å². The zero-order chi connectivity index (χ0) is 9.64. The maximum absolute atomic E-state index is 5.38. The lowest BCUT2D eigenvalue weighted by Gasteiger charge is -2.24. The van der Waals surface area contributed by atoms with E-state index in [1.807, 2.05) is 0 Å². The normalized spacial score (nSPS) is 27.9. The third-order valence-corrected chi connectivity index (χ3v) is 3.05. The first-order chi connectivity index (χ1) is 6.95. The number of nitrogens with one attached hydrogen (secondary N) is 2. The van der Waals surface area contributed by atoms with Crippen LogP contribution < -0.4 is 10.6 Å². The van der Waals surface area contributed by atoms with Gasteiger partial charge in [-0.3, -0.25) is 0 Å². The molecule has 0 aromatic rings. The lowest BCUT2D eigenvalue weighted by molar-refractivity contribution is 0.0767. The Morgan fingerprint density at radius 1 is 1.36 bits per heavy atom. The summed E-state index contributed by atoms with van der Waals surface area (Å²) in [6.45, 7) is 4.99. The zero-order valence-electron chi connectivity index (χ0n) is 8.93. The first-order valence-corrected chi connectivity index (χ1v) is 5.97. The molecule has 3 nitrogen and oxygen atoms in total. The van der Waals surface area contributed by atoms with Crippen LogP contribution in [0.4, 0.5) is 0 Å². The van der Waals surface area contributed by atoms with E-state index < -0.39 is 0 Å². The molecule has 3 heteroatoms. The molecule has 2 aliphatic rings. The Labute approximate surface area is 86.6 Å². The van der Waals surface area contributed by atoms with E-state index in [1.54, 1.807) is 0 Å². The molecule has 1 saturated heterocycles. The first-order valence-electron chi connectivity index (χ1n) is 5.97. The van der Waals surface area contributed by atoms with E-state index >= 15 is 0 Å². The second-order valence-corrected chi connectivity index (χ2v) is 4.52. The molecular formula is C11H22N2O. The summed E-state index contributed by atoms with van der Waals surface area (Å²) in [6, 6.07) is 0.532. The molecule has 1 aliphatic heterocycles. The Morgan fingerprint density at radius 3 is 3.00 bits per heavy atom. The first kappa shape index (κ1) is 10.4. The highest BCUT2D eigenvalue weighted by atomic mass is 16.5. The lowest BCUT2D eigenvalue weighted by Crippen LogP contribution is -2.47. The number of rotatable bonds is 6. The van der Waals surface area contributed by atoms with E-state index in [1.165, 1.54) is 32.2 Å². The highest BCUT2D eigenvalue weighted by Crippen LogP contribution is 2.33. The van der Waals surface area contributed by atoms with Crippen molar-refractivity contribution in [2.75, 3.05) is 32.8 Å². The predicted molar refractivity (Wildman–Crippen MR) is 57.4 cm³/mol. The van der Waals surface area contributed by atoms with Crippen LogP contribution in [0.3, 0.4) is 0 Å². The van der Waals surface area contributed by atoms with E-state index in [-0.39, 0.29) is 0 Å². The predicted octanol–water partition coefficient (Wildman–Crippen LogP) is 0.755. The molecule has 1 unspecified atom stereocenters. The fourth-order valence-corrected chi connectivity index (χ4v) is 1.95. The maximum Gasteiger partial charge on any atom is 0.0632 e. The van der Waals surface area contributed by atoms with Crippen molar-refractivity contribution in [2.45, 2.75) is 31.7 Å². The van der Waals surface area contributed by atoms with Crippen LogP contribution in [0.25, 0.3) is 0 Å². The van der Waals surface area contributed by atoms with E-state index in [0.29, 0.717) is 6.04 Å². The topological polar surface area (TPSA) is 33.3 Å². The van der Waals surface area contributed by atoms with Crippen LogP contribution in [-0.2, 0) is 4.74 Å². The molecule has 82 valence electrons. The van der Waals surface area contributed by atoms with Gasteiger partial charge in [-0.2, -0.15) is 0 Å². The van der Waals surface area contributed by atoms with Gasteiger partial charge in [0.1, 0.15) is 0 Å². The standard InChI is InChI=1S/C11H22N2O/c1(2-10-3-4-10)5-12-8-11-9-14-7-6-13-11/h10-13H,1-9H2. The van der Waals surface area contributed by atoms with Crippen LogP contribution in [-0.4, -0.2) is 38.9 Å². The Bertz CT molecular complexity index is 153. The van der Waals surface area contributed by atoms with Gasteiger partial charge in [-0.05, 0) is 25.3 Å². The fourth-order valence-electron chi connectivity index (χ4n) is 1.95. The highest BCUT2D eigenvalue weighted by Gasteiger charge is 2.20. The molecule has 0 amide bonds. The molecule has 1 aliphatic carbocycles. The van der Waals surface area contributed by atoms with Crippen molar-refractivity contribution in [2.24, 2.45) is 5.92 Å². The monoisotopic (exact) mass is 198 g/mol. The summed E-state index contributed by atoms with van der Waals surface area (Å²) in [5, 5.41) is 6.94. The van der Waals surface area contributed by atoms with Crippen molar-refractivity contribution in [3.63, 3.8) is 0 Å². The minimum atomic E-state index is 0.532. The zero-order valence-corrected chi connectivity index (χ0v) is 8.93. The minimum absolute atomic E-state index is 0.532. The molecule has 2 fully saturated rings. The molecule has 0 aromatic carbocycles. The Hall–Kier alpha value is -0.120. The van der Waals surface area contributed by atoms with Crippen molar-refractivity contribution in [1.82, 2.24) is 10.6 Å². The number of ether oxygens (including phenoxy) is 1. The largest absolute Gasteiger partial charge is 0.378 e. The van der Waals surface area contributed by atoms with E-state index in [9.17, 15) is 0 Å². The fraction of sp³-hybridized carbons (Fsp3) is 1.00. The van der Waals surface area contributed by atoms with Gasteiger partial charge in [-0.15, -0.1) is 0 Å². The van der Waals surface area contributed by atoms with Crippen molar-refractivity contribution in [1.29, 1.82) is 0 Å². The molecule has 1 heterocycles. The van der Waals surface area contributed by atoms with E-state index in [0.717, 1.165) is 32.2 Å². The van der Waals surface area contributed by atoms with Crippen LogP contribution in [0.1, 0.15) is 25.7 Å². The Balaban J connectivity index is 1.41. The lowest BCUT2D eigenvalue weighted by atomic mass is 10.2. The summed E-state index contributed by atoms with van der Waals surface area (Å²) in [7, 11) is 0. The molecular weight excluding hydrogens is 176 g/mol. The van der Waals surface area contributed by atoms with Crippen LogP contribution >= 0.6 is 0 Å². The third kappa shape index (κ3) is 3.95.